The van der Waals surface area contributed by atoms with Gasteiger partial charge >= 0.3 is 0 Å². The van der Waals surface area contributed by atoms with Gasteiger partial charge in [-0.3, -0.25) is 0 Å². The van der Waals surface area contributed by atoms with Crippen LogP contribution in [0.2, 0.25) is 0 Å². The highest BCUT2D eigenvalue weighted by molar-refractivity contribution is 5.37. The van der Waals surface area contributed by atoms with Crippen LogP contribution in [0.25, 0.3) is 0 Å². The van der Waals surface area contributed by atoms with E-state index < -0.39 is 0 Å². The number of ether oxygens (including phenoxy) is 2. The van der Waals surface area contributed by atoms with E-state index in [2.05, 4.69) is 32.9 Å². The third kappa shape index (κ3) is 3.95. The Morgan fingerprint density at radius 2 is 2.21 bits per heavy atom. The molecule has 2 rings (SSSR count). The Bertz CT molecular complexity index is 429. The van der Waals surface area contributed by atoms with Gasteiger partial charge in [-0.1, -0.05) is 17.7 Å². The monoisotopic (exact) mass is 263 g/mol. The molecule has 1 unspecified atom stereocenters. The zero-order valence-corrected chi connectivity index (χ0v) is 12.2. The van der Waals surface area contributed by atoms with Gasteiger partial charge in [-0.15, -0.1) is 0 Å². The summed E-state index contributed by atoms with van der Waals surface area (Å²) in [6.07, 6.45) is 3.24. The molecule has 1 fully saturated rings. The second-order valence-electron chi connectivity index (χ2n) is 6.00. The average Bonchev–Trinajstić information content (AvgIpc) is 2.68. The van der Waals surface area contributed by atoms with E-state index in [0.717, 1.165) is 25.0 Å². The Morgan fingerprint density at radius 1 is 1.42 bits per heavy atom. The van der Waals surface area contributed by atoms with E-state index in [1.165, 1.54) is 11.1 Å². The van der Waals surface area contributed by atoms with Crippen molar-refractivity contribution in [3.8, 4) is 5.75 Å². The first-order chi connectivity index (χ1) is 9.00. The van der Waals surface area contributed by atoms with Crippen LogP contribution in [0, 0.1) is 6.92 Å². The molecular formula is C16H25NO2. The Kier molecular flexibility index (Phi) is 4.48. The minimum atomic E-state index is 0.00138. The van der Waals surface area contributed by atoms with Crippen LogP contribution < -0.4 is 10.5 Å². The van der Waals surface area contributed by atoms with Crippen LogP contribution >= 0.6 is 0 Å². The van der Waals surface area contributed by atoms with Crippen molar-refractivity contribution in [2.45, 2.75) is 51.7 Å². The summed E-state index contributed by atoms with van der Waals surface area (Å²) < 4.78 is 11.9. The minimum Gasteiger partial charge on any atom is -0.491 e. The first-order valence-electron chi connectivity index (χ1n) is 7.10. The molecule has 0 aromatic heterocycles. The topological polar surface area (TPSA) is 44.5 Å². The minimum absolute atomic E-state index is 0.00138. The number of nitrogens with two attached hydrogens (primary N) is 1. The van der Waals surface area contributed by atoms with E-state index in [1.54, 1.807) is 0 Å². The average molecular weight is 263 g/mol. The number of rotatable bonds is 5. The molecule has 0 amide bonds. The van der Waals surface area contributed by atoms with Gasteiger partial charge in [0.1, 0.15) is 12.4 Å². The maximum absolute atomic E-state index is 5.94. The quantitative estimate of drug-likeness (QED) is 0.888. The summed E-state index contributed by atoms with van der Waals surface area (Å²) in [5, 5.41) is 0. The van der Waals surface area contributed by atoms with E-state index in [0.29, 0.717) is 13.2 Å². The molecule has 1 heterocycles. The van der Waals surface area contributed by atoms with Crippen LogP contribution in [0.15, 0.2) is 18.2 Å². The van der Waals surface area contributed by atoms with E-state index in [1.807, 2.05) is 6.07 Å². The molecule has 1 aromatic carbocycles. The maximum Gasteiger partial charge on any atom is 0.122 e. The fourth-order valence-electron chi connectivity index (χ4n) is 2.58. The molecule has 3 nitrogen and oxygen atoms in total. The second-order valence-corrected chi connectivity index (χ2v) is 6.00. The van der Waals surface area contributed by atoms with E-state index in [-0.39, 0.29) is 11.7 Å². The fourth-order valence-corrected chi connectivity index (χ4v) is 2.58. The summed E-state index contributed by atoms with van der Waals surface area (Å²) >= 11 is 0. The van der Waals surface area contributed by atoms with Crippen LogP contribution in [0.5, 0.6) is 5.75 Å². The van der Waals surface area contributed by atoms with Gasteiger partial charge < -0.3 is 15.2 Å². The van der Waals surface area contributed by atoms with Gasteiger partial charge in [0.05, 0.1) is 11.7 Å². The summed E-state index contributed by atoms with van der Waals surface area (Å²) in [6.45, 7) is 7.64. The Labute approximate surface area is 116 Å². The smallest absolute Gasteiger partial charge is 0.122 e. The van der Waals surface area contributed by atoms with Crippen molar-refractivity contribution in [3.05, 3.63) is 29.3 Å². The number of hydrogen-bond acceptors (Lipinski definition) is 3. The lowest BCUT2D eigenvalue weighted by molar-refractivity contribution is -0.0327. The standard InChI is InChI=1S/C16H25NO2/c1-12-4-5-15(13(10-12)7-9-17)18-11-14-6-8-16(2,3)19-14/h4-5,10,14H,6-9,11,17H2,1-3H3. The van der Waals surface area contributed by atoms with Crippen LogP contribution in [0.4, 0.5) is 0 Å². The number of hydrogen-bond donors (Lipinski definition) is 1. The van der Waals surface area contributed by atoms with Gasteiger partial charge in [0.15, 0.2) is 0 Å². The molecule has 1 atom stereocenters. The third-order valence-corrected chi connectivity index (χ3v) is 3.61. The third-order valence-electron chi connectivity index (χ3n) is 3.61. The summed E-state index contributed by atoms with van der Waals surface area (Å²) in [7, 11) is 0. The van der Waals surface area contributed by atoms with E-state index in [4.69, 9.17) is 15.2 Å². The molecule has 1 aliphatic rings. The SMILES string of the molecule is Cc1ccc(OCC2CCC(C)(C)O2)c(CCN)c1. The Hall–Kier alpha value is -1.06. The molecule has 0 bridgehead atoms. The van der Waals surface area contributed by atoms with Crippen molar-refractivity contribution >= 4 is 0 Å². The molecule has 0 radical (unpaired) electrons. The molecular weight excluding hydrogens is 238 g/mol. The van der Waals surface area contributed by atoms with E-state index >= 15 is 0 Å². The highest BCUT2D eigenvalue weighted by Crippen LogP contribution is 2.30. The van der Waals surface area contributed by atoms with E-state index in [9.17, 15) is 0 Å². The van der Waals surface area contributed by atoms with Crippen molar-refractivity contribution in [1.29, 1.82) is 0 Å². The summed E-state index contributed by atoms with van der Waals surface area (Å²) in [5.74, 6) is 0.948. The van der Waals surface area contributed by atoms with Crippen LogP contribution in [0.1, 0.15) is 37.8 Å². The van der Waals surface area contributed by atoms with Crippen molar-refractivity contribution < 1.29 is 9.47 Å². The first kappa shape index (κ1) is 14.4. The largest absolute Gasteiger partial charge is 0.491 e. The molecule has 1 saturated heterocycles. The molecule has 1 aromatic rings. The van der Waals surface area contributed by atoms with Gasteiger partial charge in [-0.05, 0) is 58.2 Å². The van der Waals surface area contributed by atoms with Crippen molar-refractivity contribution in [2.24, 2.45) is 5.73 Å². The fraction of sp³-hybridized carbons (Fsp3) is 0.625. The molecule has 0 saturated carbocycles. The van der Waals surface area contributed by atoms with Crippen LogP contribution in [-0.2, 0) is 11.2 Å². The predicted molar refractivity (Wildman–Crippen MR) is 77.6 cm³/mol. The lowest BCUT2D eigenvalue weighted by Gasteiger charge is -2.20. The molecule has 1 aliphatic heterocycles. The summed E-state index contributed by atoms with van der Waals surface area (Å²) in [6, 6.07) is 6.27. The highest BCUT2D eigenvalue weighted by atomic mass is 16.6. The van der Waals surface area contributed by atoms with Gasteiger partial charge in [0.2, 0.25) is 0 Å². The number of aryl methyl sites for hydroxylation is 1. The molecule has 2 N–H and O–H groups in total. The van der Waals surface area contributed by atoms with Gasteiger partial charge in [-0.25, -0.2) is 0 Å². The van der Waals surface area contributed by atoms with Crippen molar-refractivity contribution in [2.75, 3.05) is 13.2 Å². The van der Waals surface area contributed by atoms with Crippen molar-refractivity contribution in [1.82, 2.24) is 0 Å². The van der Waals surface area contributed by atoms with Gasteiger partial charge in [0.25, 0.3) is 0 Å². The molecule has 19 heavy (non-hydrogen) atoms. The molecule has 106 valence electrons. The maximum atomic E-state index is 5.94. The lowest BCUT2D eigenvalue weighted by Crippen LogP contribution is -2.24. The Morgan fingerprint density at radius 3 is 2.84 bits per heavy atom. The summed E-state index contributed by atoms with van der Waals surface area (Å²) in [5.41, 5.74) is 8.09. The zero-order valence-electron chi connectivity index (χ0n) is 12.2. The summed E-state index contributed by atoms with van der Waals surface area (Å²) in [4.78, 5) is 0. The second kappa shape index (κ2) is 5.93. The molecule has 3 heteroatoms. The predicted octanol–water partition coefficient (Wildman–Crippen LogP) is 2.83. The lowest BCUT2D eigenvalue weighted by atomic mass is 10.1. The first-order valence-corrected chi connectivity index (χ1v) is 7.10. The van der Waals surface area contributed by atoms with Gasteiger partial charge in [0, 0.05) is 0 Å². The highest BCUT2D eigenvalue weighted by Gasteiger charge is 2.31. The molecule has 0 aliphatic carbocycles. The number of benzene rings is 1. The van der Waals surface area contributed by atoms with Crippen LogP contribution in [0.3, 0.4) is 0 Å². The normalized spacial score (nSPS) is 21.6. The van der Waals surface area contributed by atoms with Gasteiger partial charge in [-0.2, -0.15) is 0 Å². The zero-order chi connectivity index (χ0) is 13.9. The van der Waals surface area contributed by atoms with Crippen molar-refractivity contribution in [3.63, 3.8) is 0 Å². The van der Waals surface area contributed by atoms with Crippen LogP contribution in [-0.4, -0.2) is 24.9 Å². The Balaban J connectivity index is 1.96. The molecule has 0 spiro atoms.